The van der Waals surface area contributed by atoms with Gasteiger partial charge in [0.05, 0.1) is 0 Å². The summed E-state index contributed by atoms with van der Waals surface area (Å²) in [5.41, 5.74) is 2.01. The molecule has 0 saturated carbocycles. The Labute approximate surface area is 164 Å². The second-order valence-electron chi connectivity index (χ2n) is 6.75. The molecule has 6 nitrogen and oxygen atoms in total. The number of aryl methyl sites for hydroxylation is 2. The van der Waals surface area contributed by atoms with Crippen LogP contribution in [0.2, 0.25) is 0 Å². The van der Waals surface area contributed by atoms with Crippen LogP contribution in [0.5, 0.6) is 0 Å². The molecule has 1 aromatic heterocycles. The van der Waals surface area contributed by atoms with Gasteiger partial charge in [-0.3, -0.25) is 9.59 Å². The number of Topliss-reactive ketones (excluding diaryl/α,β-unsaturated/α-hetero) is 2. The van der Waals surface area contributed by atoms with Crippen LogP contribution in [0.15, 0.2) is 63.2 Å². The van der Waals surface area contributed by atoms with Crippen LogP contribution in [0.1, 0.15) is 31.1 Å². The van der Waals surface area contributed by atoms with Gasteiger partial charge >= 0.3 is 0 Å². The minimum Gasteiger partial charge on any atom is -0.461 e. The second-order valence-corrected chi connectivity index (χ2v) is 6.75. The maximum Gasteiger partial charge on any atom is 0.200 e. The normalized spacial score (nSPS) is 15.5. The van der Waals surface area contributed by atoms with Crippen molar-refractivity contribution in [3.05, 3.63) is 60.1 Å². The van der Waals surface area contributed by atoms with E-state index in [9.17, 15) is 9.59 Å². The van der Waals surface area contributed by atoms with Gasteiger partial charge in [0.15, 0.2) is 23.2 Å². The standard InChI is InChI=1S/C22H23N3O3/c1-5-7-20-23-21(24-22(15(3)26)25(20)4)18(27)9-6-8-16-10-11-19-17(13-16)12-14(2)28-19/h5,7,10-13H,1,6,8-9H2,2-4H3/b20-7-. The quantitative estimate of drug-likeness (QED) is 0.731. The minimum absolute atomic E-state index is 0.0670. The van der Waals surface area contributed by atoms with E-state index in [4.69, 9.17) is 4.42 Å². The van der Waals surface area contributed by atoms with Crippen molar-refractivity contribution in [3.63, 3.8) is 0 Å². The molecule has 1 aromatic carbocycles. The summed E-state index contributed by atoms with van der Waals surface area (Å²) in [6.45, 7) is 6.99. The number of hydrogen-bond donors (Lipinski definition) is 0. The second kappa shape index (κ2) is 8.17. The summed E-state index contributed by atoms with van der Waals surface area (Å²) < 4.78 is 5.58. The highest BCUT2D eigenvalue weighted by Crippen LogP contribution is 2.21. The van der Waals surface area contributed by atoms with E-state index in [1.807, 2.05) is 25.1 Å². The van der Waals surface area contributed by atoms with Crippen molar-refractivity contribution < 1.29 is 14.0 Å². The van der Waals surface area contributed by atoms with E-state index in [1.54, 1.807) is 24.1 Å². The number of hydrogen-bond acceptors (Lipinski definition) is 6. The number of carbonyl (C=O) groups is 2. The lowest BCUT2D eigenvalue weighted by atomic mass is 10.0. The van der Waals surface area contributed by atoms with Gasteiger partial charge in [-0.1, -0.05) is 18.7 Å². The Morgan fingerprint density at radius 1 is 1.25 bits per heavy atom. The van der Waals surface area contributed by atoms with Gasteiger partial charge in [-0.15, -0.1) is 0 Å². The van der Waals surface area contributed by atoms with Gasteiger partial charge in [-0.05, 0) is 49.6 Å². The maximum absolute atomic E-state index is 12.6. The average molecular weight is 377 g/mol. The number of nitrogens with zero attached hydrogens (tertiary/aromatic N) is 3. The van der Waals surface area contributed by atoms with E-state index < -0.39 is 0 Å². The highest BCUT2D eigenvalue weighted by molar-refractivity contribution is 6.48. The van der Waals surface area contributed by atoms with Gasteiger partial charge in [-0.2, -0.15) is 0 Å². The Bertz CT molecular complexity index is 1040. The number of fused-ring (bicyclic) bond motifs is 1. The molecule has 144 valence electrons. The molecule has 0 atom stereocenters. The SMILES string of the molecule is C=C/C=C1/N=C(C(=O)CCCc2ccc3oc(C)cc3c2)N=C(C(C)=O)N1C. The maximum atomic E-state index is 12.6. The van der Waals surface area contributed by atoms with Crippen LogP contribution in [-0.2, 0) is 16.0 Å². The number of likely N-dealkylation sites (N-methyl/N-ethyl adjacent to an activating group) is 1. The fourth-order valence-electron chi connectivity index (χ4n) is 3.13. The van der Waals surface area contributed by atoms with Crippen molar-refractivity contribution in [2.24, 2.45) is 9.98 Å². The molecule has 0 amide bonds. The number of amidine groups is 2. The van der Waals surface area contributed by atoms with Gasteiger partial charge in [0.1, 0.15) is 17.2 Å². The molecule has 0 saturated heterocycles. The van der Waals surface area contributed by atoms with Crippen molar-refractivity contribution in [2.45, 2.75) is 33.1 Å². The molecule has 28 heavy (non-hydrogen) atoms. The lowest BCUT2D eigenvalue weighted by molar-refractivity contribution is -0.113. The third kappa shape index (κ3) is 4.17. The summed E-state index contributed by atoms with van der Waals surface area (Å²) in [6, 6.07) is 8.05. The van der Waals surface area contributed by atoms with Crippen molar-refractivity contribution >= 4 is 34.2 Å². The number of furan rings is 1. The third-order valence-corrected chi connectivity index (χ3v) is 4.50. The predicted octanol–water partition coefficient (Wildman–Crippen LogP) is 3.99. The third-order valence-electron chi connectivity index (χ3n) is 4.50. The van der Waals surface area contributed by atoms with Crippen LogP contribution in [0.3, 0.4) is 0 Å². The van der Waals surface area contributed by atoms with Gasteiger partial charge in [0.2, 0.25) is 0 Å². The fraction of sp³-hybridized carbons (Fsp3) is 0.273. The molecule has 0 unspecified atom stereocenters. The lowest BCUT2D eigenvalue weighted by Gasteiger charge is -2.23. The topological polar surface area (TPSA) is 75.2 Å². The number of benzene rings is 1. The van der Waals surface area contributed by atoms with Crippen LogP contribution in [0, 0.1) is 6.92 Å². The first-order valence-electron chi connectivity index (χ1n) is 9.16. The lowest BCUT2D eigenvalue weighted by Crippen LogP contribution is -2.36. The van der Waals surface area contributed by atoms with Gasteiger partial charge in [-0.25, -0.2) is 9.98 Å². The molecule has 3 rings (SSSR count). The van der Waals surface area contributed by atoms with Crippen LogP contribution in [0.4, 0.5) is 0 Å². The Hall–Kier alpha value is -3.28. The summed E-state index contributed by atoms with van der Waals surface area (Å²) in [6.07, 6.45) is 4.95. The van der Waals surface area contributed by atoms with E-state index in [2.05, 4.69) is 22.6 Å². The molecule has 0 bridgehead atoms. The van der Waals surface area contributed by atoms with E-state index in [-0.39, 0.29) is 23.2 Å². The zero-order chi connectivity index (χ0) is 20.3. The Morgan fingerprint density at radius 3 is 2.75 bits per heavy atom. The Kier molecular flexibility index (Phi) is 5.68. The molecule has 0 aliphatic carbocycles. The summed E-state index contributed by atoms with van der Waals surface area (Å²) in [5, 5.41) is 1.07. The van der Waals surface area contributed by atoms with E-state index in [0.29, 0.717) is 18.7 Å². The van der Waals surface area contributed by atoms with Crippen LogP contribution in [-0.4, -0.2) is 35.2 Å². The zero-order valence-electron chi connectivity index (χ0n) is 16.4. The molecule has 0 spiro atoms. The highest BCUT2D eigenvalue weighted by Gasteiger charge is 2.24. The van der Waals surface area contributed by atoms with Gasteiger partial charge < -0.3 is 9.32 Å². The number of allylic oxidation sites excluding steroid dienone is 2. The monoisotopic (exact) mass is 377 g/mol. The summed E-state index contributed by atoms with van der Waals surface area (Å²) in [4.78, 5) is 34.4. The number of rotatable bonds is 7. The first kappa shape index (κ1) is 19.5. The Balaban J connectivity index is 1.68. The molecule has 6 heteroatoms. The largest absolute Gasteiger partial charge is 0.461 e. The fourth-order valence-corrected chi connectivity index (χ4v) is 3.13. The van der Waals surface area contributed by atoms with E-state index in [1.165, 1.54) is 6.92 Å². The number of carbonyl (C=O) groups excluding carboxylic acids is 2. The molecule has 1 aliphatic heterocycles. The van der Waals surface area contributed by atoms with Gasteiger partial charge in [0.25, 0.3) is 0 Å². The molecular formula is C22H23N3O3. The zero-order valence-corrected chi connectivity index (χ0v) is 16.4. The molecular weight excluding hydrogens is 354 g/mol. The van der Waals surface area contributed by atoms with Crippen LogP contribution in [0.25, 0.3) is 11.0 Å². The minimum atomic E-state index is -0.221. The molecule has 2 aromatic rings. The molecule has 2 heterocycles. The van der Waals surface area contributed by atoms with E-state index in [0.717, 1.165) is 28.7 Å². The van der Waals surface area contributed by atoms with Crippen molar-refractivity contribution in [1.29, 1.82) is 0 Å². The predicted molar refractivity (Wildman–Crippen MR) is 110 cm³/mol. The molecule has 0 N–H and O–H groups in total. The van der Waals surface area contributed by atoms with E-state index >= 15 is 0 Å². The molecule has 0 radical (unpaired) electrons. The van der Waals surface area contributed by atoms with Crippen LogP contribution < -0.4 is 0 Å². The average Bonchev–Trinajstić information content (AvgIpc) is 3.02. The molecule has 1 aliphatic rings. The van der Waals surface area contributed by atoms with Crippen molar-refractivity contribution in [1.82, 2.24) is 4.90 Å². The summed E-state index contributed by atoms with van der Waals surface area (Å²) in [5.74, 6) is 1.22. The number of ketones is 2. The summed E-state index contributed by atoms with van der Waals surface area (Å²) >= 11 is 0. The summed E-state index contributed by atoms with van der Waals surface area (Å²) in [7, 11) is 1.69. The smallest absolute Gasteiger partial charge is 0.200 e. The molecule has 0 fully saturated rings. The number of aliphatic imine (C=N–C) groups is 2. The first-order valence-corrected chi connectivity index (χ1v) is 9.16. The van der Waals surface area contributed by atoms with Crippen molar-refractivity contribution in [2.75, 3.05) is 7.05 Å². The van der Waals surface area contributed by atoms with Crippen LogP contribution >= 0.6 is 0 Å². The van der Waals surface area contributed by atoms with Gasteiger partial charge in [0, 0.05) is 25.8 Å². The highest BCUT2D eigenvalue weighted by atomic mass is 16.3. The van der Waals surface area contributed by atoms with Crippen molar-refractivity contribution in [3.8, 4) is 0 Å². The Morgan fingerprint density at radius 2 is 2.04 bits per heavy atom. The first-order chi connectivity index (χ1) is 13.4.